The summed E-state index contributed by atoms with van der Waals surface area (Å²) < 4.78 is 79.0. The molecule has 0 aliphatic rings. The highest BCUT2D eigenvalue weighted by Gasteiger charge is 2.46. The Morgan fingerprint density at radius 3 is 1.96 bits per heavy atom. The van der Waals surface area contributed by atoms with Crippen LogP contribution in [0, 0.1) is 11.6 Å². The Morgan fingerprint density at radius 2 is 1.50 bits per heavy atom. The van der Waals surface area contributed by atoms with Crippen LogP contribution in [0.25, 0.3) is 0 Å². The van der Waals surface area contributed by atoms with E-state index in [1.54, 1.807) is 5.32 Å². The van der Waals surface area contributed by atoms with Gasteiger partial charge in [-0.25, -0.2) is 22.4 Å². The first-order valence-electron chi connectivity index (χ1n) is 7.17. The summed E-state index contributed by atoms with van der Waals surface area (Å²) in [5.74, 6) is -8.52. The van der Waals surface area contributed by atoms with Crippen molar-refractivity contribution in [2.75, 3.05) is 5.32 Å². The predicted molar refractivity (Wildman–Crippen MR) is 89.2 cm³/mol. The lowest BCUT2D eigenvalue weighted by molar-refractivity contribution is -0.135. The van der Waals surface area contributed by atoms with Crippen molar-refractivity contribution in [2.24, 2.45) is 0 Å². The molecule has 12 heteroatoms. The van der Waals surface area contributed by atoms with Crippen molar-refractivity contribution in [3.63, 3.8) is 0 Å². The zero-order valence-electron chi connectivity index (χ0n) is 13.3. The van der Waals surface area contributed by atoms with Crippen molar-refractivity contribution in [2.45, 2.75) is 12.3 Å². The van der Waals surface area contributed by atoms with E-state index in [0.717, 1.165) is 18.2 Å². The molecule has 0 spiro atoms. The molecule has 2 N–H and O–H groups in total. The third-order valence-electron chi connectivity index (χ3n) is 3.32. The number of benzene rings is 2. The van der Waals surface area contributed by atoms with Gasteiger partial charge in [-0.1, -0.05) is 29.3 Å². The van der Waals surface area contributed by atoms with Gasteiger partial charge in [0.25, 0.3) is 5.91 Å². The lowest BCUT2D eigenvalue weighted by atomic mass is 10.1. The second-order valence-corrected chi connectivity index (χ2v) is 6.06. The van der Waals surface area contributed by atoms with Crippen molar-refractivity contribution in [3.8, 4) is 0 Å². The van der Waals surface area contributed by atoms with Gasteiger partial charge in [0, 0.05) is 5.69 Å². The molecule has 2 aromatic rings. The third-order valence-corrected chi connectivity index (χ3v) is 3.92. The van der Waals surface area contributed by atoms with Gasteiger partial charge in [0.15, 0.2) is 0 Å². The number of hydrogen-bond acceptors (Lipinski definition) is 2. The molecule has 3 amide bonds. The molecule has 0 atom stereocenters. The van der Waals surface area contributed by atoms with E-state index in [2.05, 4.69) is 0 Å². The van der Waals surface area contributed by atoms with Gasteiger partial charge in [-0.2, -0.15) is 8.78 Å². The molecule has 0 heterocycles. The van der Waals surface area contributed by atoms with Gasteiger partial charge in [0.05, 0.1) is 15.6 Å². The summed E-state index contributed by atoms with van der Waals surface area (Å²) in [5, 5.41) is 1.81. The Hall–Kier alpha value is -2.46. The number of halogens is 8. The molecular weight excluding hydrogens is 437 g/mol. The molecule has 2 rings (SSSR count). The van der Waals surface area contributed by atoms with E-state index < -0.39 is 57.1 Å². The predicted octanol–water partition coefficient (Wildman–Crippen LogP) is 5.59. The molecule has 28 heavy (non-hydrogen) atoms. The summed E-state index contributed by atoms with van der Waals surface area (Å²) in [5.41, 5.74) is -2.72. The van der Waals surface area contributed by atoms with Crippen LogP contribution in [0.4, 0.5) is 36.8 Å². The monoisotopic (exact) mass is 444 g/mol. The zero-order chi connectivity index (χ0) is 21.2. The first-order valence-corrected chi connectivity index (χ1v) is 7.92. The minimum atomic E-state index is -4.65. The van der Waals surface area contributed by atoms with E-state index >= 15 is 0 Å². The van der Waals surface area contributed by atoms with E-state index in [9.17, 15) is 35.9 Å². The topological polar surface area (TPSA) is 58.2 Å². The highest BCUT2D eigenvalue weighted by Crippen LogP contribution is 2.43. The van der Waals surface area contributed by atoms with Gasteiger partial charge in [0.1, 0.15) is 17.2 Å². The van der Waals surface area contributed by atoms with E-state index in [0.29, 0.717) is 12.1 Å². The molecular formula is C16H8Cl2F6N2O2. The Morgan fingerprint density at radius 1 is 1.00 bits per heavy atom. The van der Waals surface area contributed by atoms with Crippen LogP contribution in [0.2, 0.25) is 10.0 Å². The second kappa shape index (κ2) is 8.27. The molecule has 2 aromatic carbocycles. The average molecular weight is 445 g/mol. The lowest BCUT2D eigenvalue weighted by Gasteiger charge is -2.19. The maximum Gasteiger partial charge on any atom is 0.335 e. The fourth-order valence-corrected chi connectivity index (χ4v) is 2.85. The van der Waals surface area contributed by atoms with Crippen molar-refractivity contribution in [3.05, 3.63) is 63.1 Å². The van der Waals surface area contributed by atoms with Crippen LogP contribution in [0.3, 0.4) is 0 Å². The van der Waals surface area contributed by atoms with Crippen LogP contribution in [0.1, 0.15) is 15.9 Å². The molecule has 0 aliphatic carbocycles. The van der Waals surface area contributed by atoms with E-state index in [1.807, 2.05) is 5.32 Å². The van der Waals surface area contributed by atoms with Crippen molar-refractivity contribution >= 4 is 40.8 Å². The number of carbonyl (C=O) groups excluding carboxylic acids is 2. The third kappa shape index (κ3) is 4.50. The number of hydrogen-bond donors (Lipinski definition) is 2. The Balaban J connectivity index is 2.20. The Labute approximate surface area is 163 Å². The van der Waals surface area contributed by atoms with E-state index in [4.69, 9.17) is 23.2 Å². The minimum Gasteiger partial charge on any atom is -0.308 e. The Kier molecular flexibility index (Phi) is 6.45. The molecule has 0 saturated heterocycles. The standard InChI is InChI=1S/C16H8Cl2F6N2O2/c17-7-4-6(5-8(18)12(7)16(23,24)14(21)22)25-15(28)26-13(27)11-9(19)2-1-3-10(11)20/h1-5,14H,(H2,25,26,27,28). The molecule has 4 nitrogen and oxygen atoms in total. The molecule has 0 aliphatic heterocycles. The van der Waals surface area contributed by atoms with Crippen LogP contribution in [-0.4, -0.2) is 18.4 Å². The molecule has 0 aromatic heterocycles. The van der Waals surface area contributed by atoms with Crippen molar-refractivity contribution < 1.29 is 35.9 Å². The first-order chi connectivity index (χ1) is 12.9. The van der Waals surface area contributed by atoms with Gasteiger partial charge in [-0.05, 0) is 24.3 Å². The van der Waals surface area contributed by atoms with Crippen LogP contribution in [0.5, 0.6) is 0 Å². The van der Waals surface area contributed by atoms with E-state index in [-0.39, 0.29) is 5.69 Å². The SMILES string of the molecule is O=C(NC(=O)c1c(F)cccc1F)Nc1cc(Cl)c(C(F)(F)C(F)F)c(Cl)c1. The number of anilines is 1. The highest BCUT2D eigenvalue weighted by molar-refractivity contribution is 6.36. The largest absolute Gasteiger partial charge is 0.335 e. The second-order valence-electron chi connectivity index (χ2n) is 5.24. The van der Waals surface area contributed by atoms with Crippen molar-refractivity contribution in [1.82, 2.24) is 5.32 Å². The first kappa shape index (κ1) is 21.8. The van der Waals surface area contributed by atoms with Gasteiger partial charge >= 0.3 is 18.4 Å². The lowest BCUT2D eigenvalue weighted by Crippen LogP contribution is -2.35. The average Bonchev–Trinajstić information content (AvgIpc) is 2.53. The van der Waals surface area contributed by atoms with Crippen LogP contribution >= 0.6 is 23.2 Å². The number of alkyl halides is 4. The number of imide groups is 1. The molecule has 150 valence electrons. The fraction of sp³-hybridized carbons (Fsp3) is 0.125. The van der Waals surface area contributed by atoms with Gasteiger partial charge in [-0.3, -0.25) is 10.1 Å². The maximum atomic E-state index is 13.5. The summed E-state index contributed by atoms with van der Waals surface area (Å²) in [6.07, 6.45) is -4.09. The smallest absolute Gasteiger partial charge is 0.308 e. The molecule has 0 bridgehead atoms. The highest BCUT2D eigenvalue weighted by atomic mass is 35.5. The summed E-state index contributed by atoms with van der Waals surface area (Å²) in [6.45, 7) is 0. The molecule has 0 unspecified atom stereocenters. The van der Waals surface area contributed by atoms with Crippen LogP contribution in [-0.2, 0) is 5.92 Å². The number of carbonyl (C=O) groups is 2. The van der Waals surface area contributed by atoms with Gasteiger partial charge < -0.3 is 5.32 Å². The minimum absolute atomic E-state index is 0.344. The summed E-state index contributed by atoms with van der Waals surface area (Å²) >= 11 is 11.1. The molecule has 0 fully saturated rings. The Bertz CT molecular complexity index is 896. The van der Waals surface area contributed by atoms with Crippen LogP contribution < -0.4 is 10.6 Å². The normalized spacial score (nSPS) is 11.5. The summed E-state index contributed by atoms with van der Waals surface area (Å²) in [7, 11) is 0. The molecule has 0 saturated carbocycles. The number of amides is 3. The zero-order valence-corrected chi connectivity index (χ0v) is 14.8. The number of nitrogens with one attached hydrogen (secondary N) is 2. The summed E-state index contributed by atoms with van der Waals surface area (Å²) in [6, 6.07) is 2.64. The van der Waals surface area contributed by atoms with E-state index in [1.165, 1.54) is 0 Å². The quantitative estimate of drug-likeness (QED) is 0.603. The van der Waals surface area contributed by atoms with Crippen molar-refractivity contribution in [1.29, 1.82) is 0 Å². The summed E-state index contributed by atoms with van der Waals surface area (Å²) in [4.78, 5) is 23.6. The van der Waals surface area contributed by atoms with Gasteiger partial charge in [-0.15, -0.1) is 0 Å². The van der Waals surface area contributed by atoms with Crippen LogP contribution in [0.15, 0.2) is 30.3 Å². The maximum absolute atomic E-state index is 13.5. The number of urea groups is 1. The molecule has 0 radical (unpaired) electrons. The fourth-order valence-electron chi connectivity index (χ4n) is 2.12. The van der Waals surface area contributed by atoms with Gasteiger partial charge in [0.2, 0.25) is 0 Å². The number of rotatable bonds is 4.